The quantitative estimate of drug-likeness (QED) is 0.741. The predicted molar refractivity (Wildman–Crippen MR) is 99.3 cm³/mol. The summed E-state index contributed by atoms with van der Waals surface area (Å²) in [6.45, 7) is 5.88. The van der Waals surface area contributed by atoms with Crippen LogP contribution >= 0.6 is 0 Å². The number of amides is 1. The smallest absolute Gasteiger partial charge is 0.258 e. The first-order chi connectivity index (χ1) is 12.5. The van der Waals surface area contributed by atoms with Crippen LogP contribution < -0.4 is 10.1 Å². The second kappa shape index (κ2) is 7.82. The summed E-state index contributed by atoms with van der Waals surface area (Å²) in [5.74, 6) is 0.619. The van der Waals surface area contributed by atoms with Crippen LogP contribution in [0.1, 0.15) is 29.7 Å². The summed E-state index contributed by atoms with van der Waals surface area (Å²) in [4.78, 5) is 16.2. The van der Waals surface area contributed by atoms with E-state index in [1.54, 1.807) is 11.0 Å². The van der Waals surface area contributed by atoms with Gasteiger partial charge >= 0.3 is 0 Å². The third-order valence-corrected chi connectivity index (χ3v) is 4.21. The number of ether oxygens (including phenoxy) is 1. The number of benzene rings is 2. The Labute approximate surface area is 152 Å². The Balaban J connectivity index is 1.57. The minimum Gasteiger partial charge on any atom is -0.483 e. The summed E-state index contributed by atoms with van der Waals surface area (Å²) in [5, 5.41) is 7.06. The minimum absolute atomic E-state index is 0.00687. The van der Waals surface area contributed by atoms with E-state index in [9.17, 15) is 4.79 Å². The molecule has 0 saturated heterocycles. The van der Waals surface area contributed by atoms with Crippen LogP contribution in [0, 0.1) is 13.8 Å². The van der Waals surface area contributed by atoms with Gasteiger partial charge < -0.3 is 10.1 Å². The summed E-state index contributed by atoms with van der Waals surface area (Å²) in [5.41, 5.74) is 3.97. The molecule has 0 aliphatic carbocycles. The first-order valence-corrected chi connectivity index (χ1v) is 8.48. The molecule has 6 nitrogen and oxygen atoms in total. The van der Waals surface area contributed by atoms with Crippen molar-refractivity contribution in [3.8, 4) is 11.4 Å². The molecule has 0 unspecified atom stereocenters. The highest BCUT2D eigenvalue weighted by Gasteiger charge is 2.12. The topological polar surface area (TPSA) is 69.0 Å². The van der Waals surface area contributed by atoms with Crippen molar-refractivity contribution in [2.75, 3.05) is 6.61 Å². The molecule has 3 aromatic rings. The number of para-hydroxylation sites is 1. The van der Waals surface area contributed by atoms with Crippen molar-refractivity contribution < 1.29 is 9.53 Å². The number of aryl methyl sites for hydroxylation is 2. The third kappa shape index (κ3) is 4.08. The van der Waals surface area contributed by atoms with Crippen molar-refractivity contribution in [3.63, 3.8) is 0 Å². The lowest BCUT2D eigenvalue weighted by Crippen LogP contribution is -2.31. The van der Waals surface area contributed by atoms with Crippen LogP contribution in [0.15, 0.2) is 55.1 Å². The van der Waals surface area contributed by atoms with Crippen LogP contribution in [-0.2, 0) is 4.79 Å². The fourth-order valence-electron chi connectivity index (χ4n) is 2.79. The highest BCUT2D eigenvalue weighted by molar-refractivity contribution is 5.78. The maximum Gasteiger partial charge on any atom is 0.258 e. The van der Waals surface area contributed by atoms with Gasteiger partial charge in [0.2, 0.25) is 0 Å². The Bertz CT molecular complexity index is 853. The number of nitrogens with zero attached hydrogens (tertiary/aromatic N) is 3. The van der Waals surface area contributed by atoms with Crippen LogP contribution in [0.3, 0.4) is 0 Å². The van der Waals surface area contributed by atoms with Gasteiger partial charge in [0, 0.05) is 0 Å². The standard InChI is InChI=1S/C20H22N4O2/c1-14-5-4-6-15(2)20(14)26-11-19(25)23-16(3)17-7-9-18(10-8-17)24-13-21-12-22-24/h4-10,12-13,16H,11H2,1-3H3,(H,23,25)/t16-/m0/s1. The Morgan fingerprint density at radius 1 is 1.15 bits per heavy atom. The van der Waals surface area contributed by atoms with E-state index < -0.39 is 0 Å². The van der Waals surface area contributed by atoms with Gasteiger partial charge in [-0.25, -0.2) is 9.67 Å². The molecule has 1 amide bonds. The predicted octanol–water partition coefficient (Wildman–Crippen LogP) is 3.14. The van der Waals surface area contributed by atoms with Crippen molar-refractivity contribution in [2.24, 2.45) is 0 Å². The molecule has 3 rings (SSSR count). The Hall–Kier alpha value is -3.15. The normalized spacial score (nSPS) is 11.8. The van der Waals surface area contributed by atoms with Gasteiger partial charge in [-0.1, -0.05) is 30.3 Å². The van der Waals surface area contributed by atoms with Crippen LogP contribution in [0.5, 0.6) is 5.75 Å². The largest absolute Gasteiger partial charge is 0.483 e. The van der Waals surface area contributed by atoms with Crippen LogP contribution in [0.25, 0.3) is 5.69 Å². The molecule has 1 aromatic heterocycles. The SMILES string of the molecule is Cc1cccc(C)c1OCC(=O)N[C@@H](C)c1ccc(-n2cncn2)cc1. The number of nitrogens with one attached hydrogen (secondary N) is 1. The fraction of sp³-hybridized carbons (Fsp3) is 0.250. The zero-order chi connectivity index (χ0) is 18.5. The molecule has 0 saturated carbocycles. The van der Waals surface area contributed by atoms with Gasteiger partial charge in [0.15, 0.2) is 6.61 Å². The molecule has 134 valence electrons. The van der Waals surface area contributed by atoms with Gasteiger partial charge in [-0.3, -0.25) is 4.79 Å². The second-order valence-electron chi connectivity index (χ2n) is 6.23. The van der Waals surface area contributed by atoms with Crippen LogP contribution in [0.4, 0.5) is 0 Å². The van der Waals surface area contributed by atoms with E-state index in [0.29, 0.717) is 0 Å². The van der Waals surface area contributed by atoms with E-state index in [1.807, 2.05) is 63.2 Å². The van der Waals surface area contributed by atoms with Crippen molar-refractivity contribution in [2.45, 2.75) is 26.8 Å². The summed E-state index contributed by atoms with van der Waals surface area (Å²) in [7, 11) is 0. The molecule has 26 heavy (non-hydrogen) atoms. The molecule has 6 heteroatoms. The number of carbonyl (C=O) groups excluding carboxylic acids is 1. The van der Waals surface area contributed by atoms with E-state index in [4.69, 9.17) is 4.74 Å². The average molecular weight is 350 g/mol. The number of carbonyl (C=O) groups is 1. The summed E-state index contributed by atoms with van der Waals surface area (Å²) >= 11 is 0. The zero-order valence-corrected chi connectivity index (χ0v) is 15.1. The first-order valence-electron chi connectivity index (χ1n) is 8.48. The van der Waals surface area contributed by atoms with Gasteiger partial charge in [-0.2, -0.15) is 5.10 Å². The summed E-state index contributed by atoms with van der Waals surface area (Å²) in [6.07, 6.45) is 3.14. The van der Waals surface area contributed by atoms with Gasteiger partial charge in [0.25, 0.3) is 5.91 Å². The zero-order valence-electron chi connectivity index (χ0n) is 15.1. The second-order valence-corrected chi connectivity index (χ2v) is 6.23. The molecule has 1 atom stereocenters. The summed E-state index contributed by atoms with van der Waals surface area (Å²) in [6, 6.07) is 13.6. The number of hydrogen-bond acceptors (Lipinski definition) is 4. The molecule has 0 spiro atoms. The third-order valence-electron chi connectivity index (χ3n) is 4.21. The number of aromatic nitrogens is 3. The van der Waals surface area contributed by atoms with Gasteiger partial charge in [0.1, 0.15) is 18.4 Å². The van der Waals surface area contributed by atoms with Gasteiger partial charge in [0.05, 0.1) is 11.7 Å². The monoisotopic (exact) mass is 350 g/mol. The van der Waals surface area contributed by atoms with Crippen molar-refractivity contribution >= 4 is 5.91 Å². The van der Waals surface area contributed by atoms with Crippen molar-refractivity contribution in [3.05, 3.63) is 71.8 Å². The lowest BCUT2D eigenvalue weighted by atomic mass is 10.1. The van der Waals surface area contributed by atoms with E-state index in [2.05, 4.69) is 15.4 Å². The molecule has 0 fully saturated rings. The van der Waals surface area contributed by atoms with Crippen molar-refractivity contribution in [1.82, 2.24) is 20.1 Å². The molecule has 0 bridgehead atoms. The molecule has 1 heterocycles. The van der Waals surface area contributed by atoms with Crippen LogP contribution in [0.2, 0.25) is 0 Å². The molecular formula is C20H22N4O2. The van der Waals surface area contributed by atoms with Crippen LogP contribution in [-0.4, -0.2) is 27.3 Å². The molecule has 2 aromatic carbocycles. The van der Waals surface area contributed by atoms with Gasteiger partial charge in [-0.15, -0.1) is 0 Å². The van der Waals surface area contributed by atoms with E-state index in [0.717, 1.165) is 28.1 Å². The lowest BCUT2D eigenvalue weighted by molar-refractivity contribution is -0.123. The first kappa shape index (κ1) is 17.7. The van der Waals surface area contributed by atoms with E-state index in [-0.39, 0.29) is 18.6 Å². The van der Waals surface area contributed by atoms with Gasteiger partial charge in [-0.05, 0) is 49.6 Å². The minimum atomic E-state index is -0.152. The Morgan fingerprint density at radius 2 is 1.85 bits per heavy atom. The molecular weight excluding hydrogens is 328 g/mol. The van der Waals surface area contributed by atoms with E-state index >= 15 is 0 Å². The molecule has 0 aliphatic rings. The maximum atomic E-state index is 12.2. The average Bonchev–Trinajstić information content (AvgIpc) is 3.16. The maximum absolute atomic E-state index is 12.2. The Morgan fingerprint density at radius 3 is 2.46 bits per heavy atom. The van der Waals surface area contributed by atoms with Crippen molar-refractivity contribution in [1.29, 1.82) is 0 Å². The Kier molecular flexibility index (Phi) is 5.31. The molecule has 0 radical (unpaired) electrons. The highest BCUT2D eigenvalue weighted by Crippen LogP contribution is 2.22. The lowest BCUT2D eigenvalue weighted by Gasteiger charge is -2.16. The number of rotatable bonds is 6. The summed E-state index contributed by atoms with van der Waals surface area (Å²) < 4.78 is 7.39. The highest BCUT2D eigenvalue weighted by atomic mass is 16.5. The molecule has 0 aliphatic heterocycles. The van der Waals surface area contributed by atoms with E-state index in [1.165, 1.54) is 6.33 Å². The number of hydrogen-bond donors (Lipinski definition) is 1. The molecule has 1 N–H and O–H groups in total. The fourth-order valence-corrected chi connectivity index (χ4v) is 2.79.